The van der Waals surface area contributed by atoms with Crippen LogP contribution in [0.1, 0.15) is 28.3 Å². The first-order chi connectivity index (χ1) is 15.5. The minimum atomic E-state index is -0.159. The Kier molecular flexibility index (Phi) is 5.22. The summed E-state index contributed by atoms with van der Waals surface area (Å²) in [6.07, 6.45) is 5.92. The predicted octanol–water partition coefficient (Wildman–Crippen LogP) is 2.81. The summed E-state index contributed by atoms with van der Waals surface area (Å²) in [6, 6.07) is 10.0. The third-order valence-electron chi connectivity index (χ3n) is 5.79. The lowest BCUT2D eigenvalue weighted by Crippen LogP contribution is -2.31. The Labute approximate surface area is 186 Å². The lowest BCUT2D eigenvalue weighted by Gasteiger charge is -2.09. The molecule has 0 atom stereocenters. The zero-order valence-electron chi connectivity index (χ0n) is 18.7. The monoisotopic (exact) mass is 429 g/mol. The quantitative estimate of drug-likeness (QED) is 0.510. The topological polar surface area (TPSA) is 80.4 Å². The highest BCUT2D eigenvalue weighted by atomic mass is 16.1. The SMILES string of the molecule is Cc1cccc(-c2nn3c(c2-c2ccc4nc(C(=O)NCCN(C)C)cn4c2)CCC3)n1. The summed E-state index contributed by atoms with van der Waals surface area (Å²) < 4.78 is 4.03. The molecule has 0 aromatic carbocycles. The first-order valence-corrected chi connectivity index (χ1v) is 11.0. The van der Waals surface area contributed by atoms with Crippen LogP contribution in [0.4, 0.5) is 0 Å². The second kappa shape index (κ2) is 8.20. The van der Waals surface area contributed by atoms with Crippen LogP contribution < -0.4 is 5.32 Å². The third kappa shape index (κ3) is 3.78. The minimum Gasteiger partial charge on any atom is -0.349 e. The second-order valence-corrected chi connectivity index (χ2v) is 8.53. The molecular formula is C24H27N7O. The Morgan fingerprint density at radius 3 is 2.84 bits per heavy atom. The molecule has 5 heterocycles. The van der Waals surface area contributed by atoms with Gasteiger partial charge >= 0.3 is 0 Å². The summed E-state index contributed by atoms with van der Waals surface area (Å²) in [6.45, 7) is 4.29. The van der Waals surface area contributed by atoms with Gasteiger partial charge in [-0.15, -0.1) is 0 Å². The lowest BCUT2D eigenvalue weighted by molar-refractivity contribution is 0.0946. The van der Waals surface area contributed by atoms with Gasteiger partial charge in [0.25, 0.3) is 5.91 Å². The van der Waals surface area contributed by atoms with E-state index in [-0.39, 0.29) is 5.91 Å². The number of carbonyl (C=O) groups is 1. The zero-order chi connectivity index (χ0) is 22.2. The molecule has 0 radical (unpaired) electrons. The van der Waals surface area contributed by atoms with Crippen LogP contribution in [0.15, 0.2) is 42.7 Å². The molecule has 1 amide bonds. The van der Waals surface area contributed by atoms with Crippen molar-refractivity contribution >= 4 is 11.6 Å². The highest BCUT2D eigenvalue weighted by Gasteiger charge is 2.25. The van der Waals surface area contributed by atoms with Gasteiger partial charge < -0.3 is 14.6 Å². The van der Waals surface area contributed by atoms with Gasteiger partial charge in [0, 0.05) is 54.5 Å². The van der Waals surface area contributed by atoms with Crippen molar-refractivity contribution in [3.05, 3.63) is 59.8 Å². The predicted molar refractivity (Wildman–Crippen MR) is 124 cm³/mol. The van der Waals surface area contributed by atoms with Gasteiger partial charge in [0.05, 0.1) is 5.69 Å². The molecule has 8 heteroatoms. The van der Waals surface area contributed by atoms with Crippen molar-refractivity contribution in [2.45, 2.75) is 26.3 Å². The smallest absolute Gasteiger partial charge is 0.271 e. The van der Waals surface area contributed by atoms with Crippen molar-refractivity contribution in [1.82, 2.24) is 34.4 Å². The van der Waals surface area contributed by atoms with E-state index < -0.39 is 0 Å². The Hall–Kier alpha value is -3.52. The Bertz CT molecular complexity index is 1300. The number of pyridine rings is 2. The standard InChI is InChI=1S/C24H27N7O/c1-16-6-4-7-18(26-16)23-22(20-8-5-12-31(20)28-23)17-9-10-21-27-19(15-30(21)14-17)24(32)25-11-13-29(2)3/h4,6-7,9-10,14-15H,5,8,11-13H2,1-3H3,(H,25,32). The van der Waals surface area contributed by atoms with Gasteiger partial charge in [-0.3, -0.25) is 14.5 Å². The number of nitrogens with zero attached hydrogens (tertiary/aromatic N) is 6. The van der Waals surface area contributed by atoms with Crippen molar-refractivity contribution in [2.75, 3.05) is 27.2 Å². The molecule has 1 aliphatic rings. The average molecular weight is 430 g/mol. The molecule has 0 saturated carbocycles. The van der Waals surface area contributed by atoms with E-state index in [4.69, 9.17) is 10.1 Å². The van der Waals surface area contributed by atoms with Gasteiger partial charge in [-0.25, -0.2) is 4.98 Å². The summed E-state index contributed by atoms with van der Waals surface area (Å²) in [5.41, 5.74) is 7.33. The Balaban J connectivity index is 1.52. The van der Waals surface area contributed by atoms with Gasteiger partial charge in [0.1, 0.15) is 17.0 Å². The number of aryl methyl sites for hydroxylation is 2. The number of likely N-dealkylation sites (N-methyl/N-ethyl adjacent to an activating group) is 1. The molecule has 4 aromatic heterocycles. The van der Waals surface area contributed by atoms with E-state index in [9.17, 15) is 4.79 Å². The molecule has 0 aliphatic carbocycles. The number of hydrogen-bond donors (Lipinski definition) is 1. The number of hydrogen-bond acceptors (Lipinski definition) is 5. The molecule has 32 heavy (non-hydrogen) atoms. The van der Waals surface area contributed by atoms with Crippen molar-refractivity contribution < 1.29 is 4.79 Å². The molecule has 0 unspecified atom stereocenters. The van der Waals surface area contributed by atoms with Crippen molar-refractivity contribution in [3.8, 4) is 22.5 Å². The number of rotatable bonds is 6. The molecule has 0 spiro atoms. The van der Waals surface area contributed by atoms with Gasteiger partial charge in [0.2, 0.25) is 0 Å². The Morgan fingerprint density at radius 1 is 1.16 bits per heavy atom. The van der Waals surface area contributed by atoms with Gasteiger partial charge in [0.15, 0.2) is 0 Å². The van der Waals surface area contributed by atoms with Gasteiger partial charge in [-0.2, -0.15) is 5.10 Å². The van der Waals surface area contributed by atoms with Crippen molar-refractivity contribution in [1.29, 1.82) is 0 Å². The van der Waals surface area contributed by atoms with Gasteiger partial charge in [-0.1, -0.05) is 6.07 Å². The fourth-order valence-electron chi connectivity index (χ4n) is 4.22. The third-order valence-corrected chi connectivity index (χ3v) is 5.79. The number of fused-ring (bicyclic) bond motifs is 2. The van der Waals surface area contributed by atoms with Crippen LogP contribution in [-0.4, -0.2) is 62.1 Å². The zero-order valence-corrected chi connectivity index (χ0v) is 18.7. The molecule has 0 saturated heterocycles. The summed E-state index contributed by atoms with van der Waals surface area (Å²) >= 11 is 0. The van der Waals surface area contributed by atoms with Crippen molar-refractivity contribution in [2.24, 2.45) is 0 Å². The van der Waals surface area contributed by atoms with E-state index in [0.717, 1.165) is 59.8 Å². The van der Waals surface area contributed by atoms with Crippen LogP contribution in [0, 0.1) is 6.92 Å². The van der Waals surface area contributed by atoms with E-state index in [1.165, 1.54) is 5.69 Å². The molecule has 1 N–H and O–H groups in total. The summed E-state index contributed by atoms with van der Waals surface area (Å²) in [7, 11) is 3.96. The second-order valence-electron chi connectivity index (χ2n) is 8.53. The maximum Gasteiger partial charge on any atom is 0.271 e. The van der Waals surface area contributed by atoms with Crippen LogP contribution in [0.3, 0.4) is 0 Å². The van der Waals surface area contributed by atoms with Gasteiger partial charge in [-0.05, 0) is 58.1 Å². The summed E-state index contributed by atoms with van der Waals surface area (Å²) in [5, 5.41) is 7.83. The summed E-state index contributed by atoms with van der Waals surface area (Å²) in [5.74, 6) is -0.159. The van der Waals surface area contributed by atoms with E-state index in [1.807, 2.05) is 60.8 Å². The van der Waals surface area contributed by atoms with E-state index >= 15 is 0 Å². The fourth-order valence-corrected chi connectivity index (χ4v) is 4.22. The highest BCUT2D eigenvalue weighted by Crippen LogP contribution is 2.37. The fraction of sp³-hybridized carbons (Fsp3) is 0.333. The maximum atomic E-state index is 12.5. The lowest BCUT2D eigenvalue weighted by atomic mass is 10.0. The van der Waals surface area contributed by atoms with E-state index in [0.29, 0.717) is 12.2 Å². The number of nitrogens with one attached hydrogen (secondary N) is 1. The van der Waals surface area contributed by atoms with Crippen LogP contribution in [0.5, 0.6) is 0 Å². The van der Waals surface area contributed by atoms with Crippen LogP contribution in [0.25, 0.3) is 28.2 Å². The molecular weight excluding hydrogens is 402 g/mol. The van der Waals surface area contributed by atoms with Crippen LogP contribution >= 0.6 is 0 Å². The number of amides is 1. The number of carbonyl (C=O) groups excluding carboxylic acids is 1. The summed E-state index contributed by atoms with van der Waals surface area (Å²) in [4.78, 5) is 23.8. The molecule has 4 aromatic rings. The molecule has 0 bridgehead atoms. The van der Waals surface area contributed by atoms with E-state index in [2.05, 4.69) is 21.0 Å². The van der Waals surface area contributed by atoms with Crippen LogP contribution in [0.2, 0.25) is 0 Å². The van der Waals surface area contributed by atoms with Crippen LogP contribution in [-0.2, 0) is 13.0 Å². The minimum absolute atomic E-state index is 0.159. The first-order valence-electron chi connectivity index (χ1n) is 11.0. The van der Waals surface area contributed by atoms with Crippen molar-refractivity contribution in [3.63, 3.8) is 0 Å². The number of aromatic nitrogens is 5. The number of imidazole rings is 1. The molecule has 164 valence electrons. The largest absolute Gasteiger partial charge is 0.349 e. The first kappa shape index (κ1) is 20.4. The van der Waals surface area contributed by atoms with E-state index in [1.54, 1.807) is 6.20 Å². The highest BCUT2D eigenvalue weighted by molar-refractivity contribution is 5.93. The molecule has 1 aliphatic heterocycles. The maximum absolute atomic E-state index is 12.5. The average Bonchev–Trinajstić information content (AvgIpc) is 3.46. The Morgan fingerprint density at radius 2 is 2.03 bits per heavy atom. The molecule has 5 rings (SSSR count). The normalized spacial score (nSPS) is 13.1. The molecule has 8 nitrogen and oxygen atoms in total. The molecule has 0 fully saturated rings.